The molecule has 0 atom stereocenters. The zero-order valence-electron chi connectivity index (χ0n) is 12.4. The Hall–Kier alpha value is -2.63. The minimum Gasteiger partial charge on any atom is -0.492 e. The first-order chi connectivity index (χ1) is 10.8. The summed E-state index contributed by atoms with van der Waals surface area (Å²) in [7, 11) is 0. The molecule has 0 radical (unpaired) electrons. The Balaban J connectivity index is 1.66. The summed E-state index contributed by atoms with van der Waals surface area (Å²) < 4.78 is 5.55. The van der Waals surface area contributed by atoms with Crippen molar-refractivity contribution < 1.29 is 9.53 Å². The maximum absolute atomic E-state index is 11.7. The summed E-state index contributed by atoms with van der Waals surface area (Å²) in [6.45, 7) is 2.53. The number of carbonyl (C=O) groups is 1. The van der Waals surface area contributed by atoms with E-state index in [1.807, 2.05) is 31.2 Å². The van der Waals surface area contributed by atoms with Crippen molar-refractivity contribution >= 4 is 23.2 Å². The molecule has 0 spiro atoms. The number of nitrogens with zero attached hydrogens (tertiary/aromatic N) is 2. The van der Waals surface area contributed by atoms with E-state index in [-0.39, 0.29) is 11.8 Å². The van der Waals surface area contributed by atoms with Gasteiger partial charge in [0.2, 0.25) is 5.91 Å². The minimum atomic E-state index is 0.0247. The van der Waals surface area contributed by atoms with Gasteiger partial charge in [0.05, 0.1) is 12.3 Å². The molecule has 6 heteroatoms. The summed E-state index contributed by atoms with van der Waals surface area (Å²) in [6.07, 6.45) is 1.93. The number of hydrogen-bond acceptors (Lipinski definition) is 5. The Kier molecular flexibility index (Phi) is 4.18. The molecule has 1 saturated carbocycles. The first kappa shape index (κ1) is 14.3. The van der Waals surface area contributed by atoms with Gasteiger partial charge in [-0.2, -0.15) is 0 Å². The molecule has 1 amide bonds. The van der Waals surface area contributed by atoms with Crippen LogP contribution in [0.4, 0.5) is 17.3 Å². The fourth-order valence-electron chi connectivity index (χ4n) is 2.03. The van der Waals surface area contributed by atoms with Crippen LogP contribution in [0.25, 0.3) is 0 Å². The molecule has 1 aromatic heterocycles. The molecule has 22 heavy (non-hydrogen) atoms. The Labute approximate surface area is 128 Å². The maximum Gasteiger partial charge on any atom is 0.228 e. The predicted molar refractivity (Wildman–Crippen MR) is 84.3 cm³/mol. The van der Waals surface area contributed by atoms with Crippen molar-refractivity contribution in [3.05, 3.63) is 36.4 Å². The number of hydrogen-bond donors (Lipinski definition) is 2. The summed E-state index contributed by atoms with van der Waals surface area (Å²) in [5.74, 6) is 2.00. The number of benzene rings is 1. The van der Waals surface area contributed by atoms with E-state index in [0.717, 1.165) is 24.3 Å². The normalized spacial score (nSPS) is 13.5. The highest BCUT2D eigenvalue weighted by atomic mass is 16.5. The molecule has 1 aliphatic rings. The van der Waals surface area contributed by atoms with Crippen molar-refractivity contribution in [3.8, 4) is 5.75 Å². The standard InChI is InChI=1S/C16H18N4O2/c1-2-22-13-6-4-3-5-12(13)17-14-9-10-15(20-19-14)18-16(21)11-7-8-11/h3-6,9-11H,2,7-8H2,1H3,(H,17,19)(H,18,20,21). The van der Waals surface area contributed by atoms with Crippen molar-refractivity contribution in [3.63, 3.8) is 0 Å². The van der Waals surface area contributed by atoms with Gasteiger partial charge in [-0.1, -0.05) is 12.1 Å². The summed E-state index contributed by atoms with van der Waals surface area (Å²) in [4.78, 5) is 11.7. The lowest BCUT2D eigenvalue weighted by atomic mass is 10.3. The third-order valence-corrected chi connectivity index (χ3v) is 3.31. The lowest BCUT2D eigenvalue weighted by Crippen LogP contribution is -2.14. The number of para-hydroxylation sites is 2. The van der Waals surface area contributed by atoms with Crippen LogP contribution in [0.5, 0.6) is 5.75 Å². The zero-order chi connectivity index (χ0) is 15.4. The summed E-state index contributed by atoms with van der Waals surface area (Å²) >= 11 is 0. The van der Waals surface area contributed by atoms with Crippen LogP contribution in [-0.4, -0.2) is 22.7 Å². The highest BCUT2D eigenvalue weighted by molar-refractivity contribution is 5.93. The van der Waals surface area contributed by atoms with Gasteiger partial charge in [0.1, 0.15) is 5.75 Å². The van der Waals surface area contributed by atoms with Crippen LogP contribution in [0.3, 0.4) is 0 Å². The van der Waals surface area contributed by atoms with Gasteiger partial charge in [-0.25, -0.2) is 0 Å². The smallest absolute Gasteiger partial charge is 0.228 e. The van der Waals surface area contributed by atoms with E-state index in [1.165, 1.54) is 0 Å². The van der Waals surface area contributed by atoms with E-state index < -0.39 is 0 Å². The van der Waals surface area contributed by atoms with Crippen molar-refractivity contribution in [2.75, 3.05) is 17.2 Å². The van der Waals surface area contributed by atoms with E-state index in [4.69, 9.17) is 4.74 Å². The van der Waals surface area contributed by atoms with Crippen LogP contribution < -0.4 is 15.4 Å². The maximum atomic E-state index is 11.7. The minimum absolute atomic E-state index is 0.0247. The van der Waals surface area contributed by atoms with E-state index in [1.54, 1.807) is 12.1 Å². The van der Waals surface area contributed by atoms with Gasteiger partial charge in [0, 0.05) is 5.92 Å². The average Bonchev–Trinajstić information content (AvgIpc) is 3.36. The third-order valence-electron chi connectivity index (χ3n) is 3.31. The SMILES string of the molecule is CCOc1ccccc1Nc1ccc(NC(=O)C2CC2)nn1. The van der Waals surface area contributed by atoms with Crippen LogP contribution in [0.15, 0.2) is 36.4 Å². The van der Waals surface area contributed by atoms with Gasteiger partial charge in [-0.15, -0.1) is 10.2 Å². The highest BCUT2D eigenvalue weighted by Crippen LogP contribution is 2.30. The average molecular weight is 298 g/mol. The van der Waals surface area contributed by atoms with E-state index in [0.29, 0.717) is 18.2 Å². The Morgan fingerprint density at radius 3 is 2.59 bits per heavy atom. The highest BCUT2D eigenvalue weighted by Gasteiger charge is 2.29. The summed E-state index contributed by atoms with van der Waals surface area (Å²) in [5.41, 5.74) is 0.827. The Morgan fingerprint density at radius 2 is 1.91 bits per heavy atom. The number of amides is 1. The van der Waals surface area contributed by atoms with Gasteiger partial charge in [0.15, 0.2) is 11.6 Å². The lowest BCUT2D eigenvalue weighted by Gasteiger charge is -2.11. The number of carbonyl (C=O) groups excluding carboxylic acids is 1. The van der Waals surface area contributed by atoms with Crippen molar-refractivity contribution in [1.29, 1.82) is 0 Å². The van der Waals surface area contributed by atoms with E-state index in [2.05, 4.69) is 20.8 Å². The molecule has 0 bridgehead atoms. The third kappa shape index (κ3) is 3.52. The number of anilines is 3. The molecule has 3 rings (SSSR count). The van der Waals surface area contributed by atoms with Crippen molar-refractivity contribution in [2.45, 2.75) is 19.8 Å². The Bertz CT molecular complexity index is 653. The molecule has 0 aliphatic heterocycles. The summed E-state index contributed by atoms with van der Waals surface area (Å²) in [5, 5.41) is 14.0. The van der Waals surface area contributed by atoms with Gasteiger partial charge in [-0.05, 0) is 44.0 Å². The lowest BCUT2D eigenvalue weighted by molar-refractivity contribution is -0.117. The predicted octanol–water partition coefficient (Wildman–Crippen LogP) is 2.97. The van der Waals surface area contributed by atoms with Crippen LogP contribution >= 0.6 is 0 Å². The first-order valence-corrected chi connectivity index (χ1v) is 7.39. The molecule has 6 nitrogen and oxygen atoms in total. The molecular weight excluding hydrogens is 280 g/mol. The molecule has 0 saturated heterocycles. The van der Waals surface area contributed by atoms with Crippen LogP contribution in [0.1, 0.15) is 19.8 Å². The van der Waals surface area contributed by atoms with Gasteiger partial charge >= 0.3 is 0 Å². The molecule has 1 aromatic carbocycles. The second-order valence-electron chi connectivity index (χ2n) is 5.12. The van der Waals surface area contributed by atoms with Crippen LogP contribution in [0, 0.1) is 5.92 Å². The number of nitrogens with one attached hydrogen (secondary N) is 2. The van der Waals surface area contributed by atoms with Gasteiger partial charge in [0.25, 0.3) is 0 Å². The number of aromatic nitrogens is 2. The molecule has 1 fully saturated rings. The number of rotatable bonds is 6. The van der Waals surface area contributed by atoms with E-state index >= 15 is 0 Å². The molecule has 1 aliphatic carbocycles. The van der Waals surface area contributed by atoms with E-state index in [9.17, 15) is 4.79 Å². The molecular formula is C16H18N4O2. The fourth-order valence-corrected chi connectivity index (χ4v) is 2.03. The van der Waals surface area contributed by atoms with Gasteiger partial charge in [-0.3, -0.25) is 4.79 Å². The molecule has 114 valence electrons. The number of ether oxygens (including phenoxy) is 1. The Morgan fingerprint density at radius 1 is 1.18 bits per heavy atom. The quantitative estimate of drug-likeness (QED) is 0.857. The fraction of sp³-hybridized carbons (Fsp3) is 0.312. The molecule has 1 heterocycles. The van der Waals surface area contributed by atoms with Gasteiger partial charge < -0.3 is 15.4 Å². The first-order valence-electron chi connectivity index (χ1n) is 7.39. The monoisotopic (exact) mass is 298 g/mol. The zero-order valence-corrected chi connectivity index (χ0v) is 12.4. The largest absolute Gasteiger partial charge is 0.492 e. The van der Waals surface area contributed by atoms with Crippen molar-refractivity contribution in [2.24, 2.45) is 5.92 Å². The molecule has 2 N–H and O–H groups in total. The molecule has 0 unspecified atom stereocenters. The van der Waals surface area contributed by atoms with Crippen LogP contribution in [-0.2, 0) is 4.79 Å². The second kappa shape index (κ2) is 6.43. The molecule has 2 aromatic rings. The van der Waals surface area contributed by atoms with Crippen molar-refractivity contribution in [1.82, 2.24) is 10.2 Å². The summed E-state index contributed by atoms with van der Waals surface area (Å²) in [6, 6.07) is 11.1. The topological polar surface area (TPSA) is 76.1 Å². The van der Waals surface area contributed by atoms with Crippen LogP contribution in [0.2, 0.25) is 0 Å². The second-order valence-corrected chi connectivity index (χ2v) is 5.12.